The Labute approximate surface area is 129 Å². The monoisotopic (exact) mass is 328 g/mol. The number of nitrogens with one attached hydrogen (secondary N) is 1. The summed E-state index contributed by atoms with van der Waals surface area (Å²) in [6, 6.07) is 7.40. The van der Waals surface area contributed by atoms with Crippen molar-refractivity contribution in [1.29, 1.82) is 0 Å². The Balaban J connectivity index is 1.88. The van der Waals surface area contributed by atoms with Crippen molar-refractivity contribution >= 4 is 38.0 Å². The van der Waals surface area contributed by atoms with Crippen molar-refractivity contribution in [1.82, 2.24) is 4.98 Å². The van der Waals surface area contributed by atoms with Crippen LogP contribution in [0, 0.1) is 0 Å². The maximum atomic E-state index is 10.9. The number of hydrogen-bond acceptors (Lipinski definition) is 5. The lowest BCUT2D eigenvalue weighted by Crippen LogP contribution is -2.15. The zero-order valence-electron chi connectivity index (χ0n) is 11.7. The quantitative estimate of drug-likeness (QED) is 0.790. The molecule has 0 bridgehead atoms. The number of aromatic nitrogens is 1. The normalized spacial score (nSPS) is 11.7. The van der Waals surface area contributed by atoms with E-state index in [-0.39, 0.29) is 12.4 Å². The molecule has 1 aromatic carbocycles. The first-order chi connectivity index (χ1) is 9.96. The van der Waals surface area contributed by atoms with E-state index in [1.807, 2.05) is 18.2 Å². The van der Waals surface area contributed by atoms with Gasteiger partial charge in [-0.25, -0.2) is 8.42 Å². The molecule has 0 aliphatic heterocycles. The van der Waals surface area contributed by atoms with Crippen LogP contribution in [0.1, 0.15) is 0 Å². The number of pyridine rings is 1. The Bertz CT molecular complexity index is 719. The Hall–Kier alpha value is -1.37. The van der Waals surface area contributed by atoms with Crippen LogP contribution in [0.2, 0.25) is 5.02 Å². The summed E-state index contributed by atoms with van der Waals surface area (Å²) < 4.78 is 27.2. The highest BCUT2D eigenvalue weighted by atomic mass is 35.5. The molecule has 2 rings (SSSR count). The fourth-order valence-electron chi connectivity index (χ4n) is 1.84. The molecule has 0 fully saturated rings. The van der Waals surface area contributed by atoms with Gasteiger partial charge in [-0.05, 0) is 24.3 Å². The van der Waals surface area contributed by atoms with Crippen LogP contribution >= 0.6 is 11.6 Å². The molecule has 0 atom stereocenters. The molecule has 7 heteroatoms. The topological polar surface area (TPSA) is 68.3 Å². The Morgan fingerprint density at radius 3 is 2.86 bits per heavy atom. The summed E-state index contributed by atoms with van der Waals surface area (Å²) in [6.07, 6.45) is 2.92. The third-order valence-corrected chi connectivity index (χ3v) is 4.01. The van der Waals surface area contributed by atoms with Crippen molar-refractivity contribution in [2.24, 2.45) is 0 Å². The lowest BCUT2D eigenvalue weighted by Gasteiger charge is -2.10. The standard InChI is InChI=1S/C14H17ClN2O3S/c1-21(18,19)9-8-20-7-6-17-14-4-5-16-13-3-2-11(15)10-12(13)14/h2-5,10H,6-9H2,1H3,(H,16,17). The van der Waals surface area contributed by atoms with Gasteiger partial charge in [-0.1, -0.05) is 11.6 Å². The molecule has 1 N–H and O–H groups in total. The highest BCUT2D eigenvalue weighted by Gasteiger charge is 2.03. The van der Waals surface area contributed by atoms with E-state index in [9.17, 15) is 8.42 Å². The summed E-state index contributed by atoms with van der Waals surface area (Å²) >= 11 is 6.00. The van der Waals surface area contributed by atoms with Gasteiger partial charge in [0, 0.05) is 35.1 Å². The summed E-state index contributed by atoms with van der Waals surface area (Å²) in [5, 5.41) is 4.84. The molecule has 0 aliphatic rings. The minimum absolute atomic E-state index is 0.0425. The van der Waals surface area contributed by atoms with E-state index in [1.165, 1.54) is 6.26 Å². The average Bonchev–Trinajstić information content (AvgIpc) is 2.41. The highest BCUT2D eigenvalue weighted by Crippen LogP contribution is 2.24. The highest BCUT2D eigenvalue weighted by molar-refractivity contribution is 7.90. The third kappa shape index (κ3) is 5.15. The number of anilines is 1. The van der Waals surface area contributed by atoms with Gasteiger partial charge in [0.05, 0.1) is 24.5 Å². The van der Waals surface area contributed by atoms with Crippen LogP contribution in [0.5, 0.6) is 0 Å². The van der Waals surface area contributed by atoms with Crippen LogP contribution in [0.25, 0.3) is 10.9 Å². The van der Waals surface area contributed by atoms with Crippen LogP contribution in [0.15, 0.2) is 30.5 Å². The van der Waals surface area contributed by atoms with Crippen LogP contribution in [-0.2, 0) is 14.6 Å². The number of halogens is 1. The summed E-state index contributed by atoms with van der Waals surface area (Å²) in [7, 11) is -2.97. The second kappa shape index (κ2) is 7.06. The molecular formula is C14H17ClN2O3S. The number of ether oxygens (including phenoxy) is 1. The zero-order valence-corrected chi connectivity index (χ0v) is 13.2. The van der Waals surface area contributed by atoms with Crippen molar-refractivity contribution in [3.63, 3.8) is 0 Å². The number of hydrogen-bond donors (Lipinski definition) is 1. The average molecular weight is 329 g/mol. The smallest absolute Gasteiger partial charge is 0.149 e. The van der Waals surface area contributed by atoms with Crippen LogP contribution < -0.4 is 5.32 Å². The molecule has 0 saturated heterocycles. The molecule has 0 aliphatic carbocycles. The molecule has 21 heavy (non-hydrogen) atoms. The Morgan fingerprint density at radius 1 is 1.29 bits per heavy atom. The van der Waals surface area contributed by atoms with E-state index >= 15 is 0 Å². The van der Waals surface area contributed by atoms with E-state index in [4.69, 9.17) is 16.3 Å². The van der Waals surface area contributed by atoms with Crippen molar-refractivity contribution in [3.05, 3.63) is 35.5 Å². The number of benzene rings is 1. The Kier molecular flexibility index (Phi) is 5.39. The minimum Gasteiger partial charge on any atom is -0.382 e. The maximum absolute atomic E-state index is 10.9. The van der Waals surface area contributed by atoms with Crippen molar-refractivity contribution in [3.8, 4) is 0 Å². The predicted octanol–water partition coefficient (Wildman–Crippen LogP) is 2.36. The first-order valence-electron chi connectivity index (χ1n) is 6.49. The first-order valence-corrected chi connectivity index (χ1v) is 8.93. The first kappa shape index (κ1) is 16.0. The van der Waals surface area contributed by atoms with Crippen LogP contribution in [0.3, 0.4) is 0 Å². The second-order valence-corrected chi connectivity index (χ2v) is 7.39. The molecule has 0 radical (unpaired) electrons. The maximum Gasteiger partial charge on any atom is 0.149 e. The van der Waals surface area contributed by atoms with Gasteiger partial charge in [0.25, 0.3) is 0 Å². The second-order valence-electron chi connectivity index (χ2n) is 4.69. The van der Waals surface area contributed by atoms with Gasteiger partial charge in [0.1, 0.15) is 9.84 Å². The SMILES string of the molecule is CS(=O)(=O)CCOCCNc1ccnc2ccc(Cl)cc12. The third-order valence-electron chi connectivity index (χ3n) is 2.86. The van der Waals surface area contributed by atoms with Gasteiger partial charge in [-0.15, -0.1) is 0 Å². The number of fused-ring (bicyclic) bond motifs is 1. The molecule has 0 amide bonds. The fourth-order valence-corrected chi connectivity index (χ4v) is 2.44. The number of rotatable bonds is 7. The van der Waals surface area contributed by atoms with Crippen LogP contribution in [-0.4, -0.2) is 45.2 Å². The van der Waals surface area contributed by atoms with E-state index in [0.717, 1.165) is 16.6 Å². The molecule has 0 unspecified atom stereocenters. The molecule has 114 valence electrons. The summed E-state index contributed by atoms with van der Waals surface area (Å²) in [6.45, 7) is 1.22. The van der Waals surface area contributed by atoms with Gasteiger partial charge in [-0.2, -0.15) is 0 Å². The van der Waals surface area contributed by atoms with E-state index in [0.29, 0.717) is 18.2 Å². The molecule has 0 saturated carbocycles. The van der Waals surface area contributed by atoms with Gasteiger partial charge in [-0.3, -0.25) is 4.98 Å². The van der Waals surface area contributed by atoms with Gasteiger partial charge in [0.2, 0.25) is 0 Å². The van der Waals surface area contributed by atoms with E-state index < -0.39 is 9.84 Å². The zero-order chi connectivity index (χ0) is 15.3. The minimum atomic E-state index is -2.97. The van der Waals surface area contributed by atoms with Crippen LogP contribution in [0.4, 0.5) is 5.69 Å². The summed E-state index contributed by atoms with van der Waals surface area (Å²) in [4.78, 5) is 4.27. The van der Waals surface area contributed by atoms with Gasteiger partial charge < -0.3 is 10.1 Å². The molecule has 2 aromatic rings. The lowest BCUT2D eigenvalue weighted by molar-refractivity contribution is 0.159. The molecule has 5 nitrogen and oxygen atoms in total. The number of nitrogens with zero attached hydrogens (tertiary/aromatic N) is 1. The Morgan fingerprint density at radius 2 is 2.10 bits per heavy atom. The van der Waals surface area contributed by atoms with Crippen molar-refractivity contribution in [2.75, 3.05) is 37.1 Å². The lowest BCUT2D eigenvalue weighted by atomic mass is 10.2. The fraction of sp³-hybridized carbons (Fsp3) is 0.357. The molecular weight excluding hydrogens is 312 g/mol. The van der Waals surface area contributed by atoms with Crippen molar-refractivity contribution < 1.29 is 13.2 Å². The number of sulfone groups is 1. The van der Waals surface area contributed by atoms with Gasteiger partial charge in [0.15, 0.2) is 0 Å². The molecule has 0 spiro atoms. The van der Waals surface area contributed by atoms with E-state index in [2.05, 4.69) is 10.3 Å². The largest absolute Gasteiger partial charge is 0.382 e. The van der Waals surface area contributed by atoms with Crippen molar-refractivity contribution in [2.45, 2.75) is 0 Å². The van der Waals surface area contributed by atoms with Gasteiger partial charge >= 0.3 is 0 Å². The molecule has 1 heterocycles. The van der Waals surface area contributed by atoms with E-state index in [1.54, 1.807) is 12.3 Å². The predicted molar refractivity (Wildman–Crippen MR) is 85.8 cm³/mol. The summed E-state index contributed by atoms with van der Waals surface area (Å²) in [5.41, 5.74) is 1.79. The summed E-state index contributed by atoms with van der Waals surface area (Å²) in [5.74, 6) is 0.0425. The molecule has 1 aromatic heterocycles.